The fraction of sp³-hybridized carbons (Fsp3) is 0.500. The maximum absolute atomic E-state index is 12.8. The van der Waals surface area contributed by atoms with E-state index in [0.29, 0.717) is 12.5 Å². The van der Waals surface area contributed by atoms with Gasteiger partial charge in [-0.05, 0) is 18.1 Å². The van der Waals surface area contributed by atoms with Crippen LogP contribution in [0, 0.1) is 11.7 Å². The highest BCUT2D eigenvalue weighted by molar-refractivity contribution is 9.09. The lowest BCUT2D eigenvalue weighted by atomic mass is 9.99. The number of amides is 1. The molecule has 3 nitrogen and oxygen atoms in total. The average molecular weight is 332 g/mol. The molecule has 0 bridgehead atoms. The Morgan fingerprint density at radius 2 is 2.05 bits per heavy atom. The number of hydrogen-bond donors (Lipinski definition) is 2. The first-order valence-electron chi connectivity index (χ1n) is 6.40. The molecule has 0 aliphatic rings. The summed E-state index contributed by atoms with van der Waals surface area (Å²) in [7, 11) is 0. The molecule has 1 rings (SSSR count). The minimum absolute atomic E-state index is 0.0886. The second-order valence-corrected chi connectivity index (χ2v) is 5.64. The summed E-state index contributed by atoms with van der Waals surface area (Å²) in [5, 5.41) is 12.3. The van der Waals surface area contributed by atoms with Crippen molar-refractivity contribution in [2.75, 3.05) is 6.54 Å². The number of nitrogens with one attached hydrogen (secondary N) is 1. The van der Waals surface area contributed by atoms with Gasteiger partial charge in [-0.2, -0.15) is 0 Å². The highest BCUT2D eigenvalue weighted by Gasteiger charge is 2.17. The molecule has 1 aromatic carbocycles. The molecule has 0 saturated heterocycles. The van der Waals surface area contributed by atoms with Crippen molar-refractivity contribution >= 4 is 21.8 Å². The van der Waals surface area contributed by atoms with E-state index in [1.54, 1.807) is 0 Å². The largest absolute Gasteiger partial charge is 0.507 e. The standard InChI is InChI=1S/C14H19BrFNO2/c1-3-9(4-2)12(15)8-17-14(19)11-6-5-10(16)7-13(11)18/h5-7,9,12,18H,3-4,8H2,1-2H3,(H,17,19). The van der Waals surface area contributed by atoms with E-state index < -0.39 is 11.7 Å². The number of aromatic hydroxyl groups is 1. The van der Waals surface area contributed by atoms with Gasteiger partial charge in [0.05, 0.1) is 5.56 Å². The summed E-state index contributed by atoms with van der Waals surface area (Å²) >= 11 is 3.56. The van der Waals surface area contributed by atoms with E-state index in [2.05, 4.69) is 35.1 Å². The zero-order valence-electron chi connectivity index (χ0n) is 11.1. The predicted molar refractivity (Wildman–Crippen MR) is 77.2 cm³/mol. The van der Waals surface area contributed by atoms with Gasteiger partial charge in [0.2, 0.25) is 0 Å². The number of rotatable bonds is 6. The second kappa shape index (κ2) is 7.48. The van der Waals surface area contributed by atoms with Gasteiger partial charge in [-0.15, -0.1) is 0 Å². The molecule has 1 aromatic rings. The summed E-state index contributed by atoms with van der Waals surface area (Å²) in [6.45, 7) is 4.69. The molecule has 0 aliphatic carbocycles. The molecule has 2 N–H and O–H groups in total. The number of halogens is 2. The lowest BCUT2D eigenvalue weighted by molar-refractivity contribution is 0.0949. The Hall–Kier alpha value is -1.10. The fourth-order valence-corrected chi connectivity index (χ4v) is 2.86. The molecule has 1 unspecified atom stereocenters. The van der Waals surface area contributed by atoms with E-state index >= 15 is 0 Å². The van der Waals surface area contributed by atoms with Gasteiger partial charge >= 0.3 is 0 Å². The third kappa shape index (κ3) is 4.49. The summed E-state index contributed by atoms with van der Waals surface area (Å²) in [6.07, 6.45) is 2.06. The topological polar surface area (TPSA) is 49.3 Å². The highest BCUT2D eigenvalue weighted by Crippen LogP contribution is 2.21. The number of benzene rings is 1. The van der Waals surface area contributed by atoms with E-state index in [1.807, 2.05) is 0 Å². The molecular formula is C14H19BrFNO2. The van der Waals surface area contributed by atoms with Crippen LogP contribution in [0.4, 0.5) is 4.39 Å². The first-order chi connectivity index (χ1) is 8.99. The SMILES string of the molecule is CCC(CC)C(Br)CNC(=O)c1ccc(F)cc1O. The first-order valence-corrected chi connectivity index (χ1v) is 7.31. The molecule has 1 amide bonds. The second-order valence-electron chi connectivity index (χ2n) is 4.46. The molecule has 1 atom stereocenters. The van der Waals surface area contributed by atoms with E-state index in [-0.39, 0.29) is 16.1 Å². The van der Waals surface area contributed by atoms with Crippen LogP contribution in [-0.2, 0) is 0 Å². The zero-order chi connectivity index (χ0) is 14.4. The van der Waals surface area contributed by atoms with Crippen molar-refractivity contribution in [2.24, 2.45) is 5.92 Å². The smallest absolute Gasteiger partial charge is 0.255 e. The summed E-state index contributed by atoms with van der Waals surface area (Å²) in [6, 6.07) is 3.36. The predicted octanol–water partition coefficient (Wildman–Crippen LogP) is 3.46. The molecule has 5 heteroatoms. The minimum atomic E-state index is -0.565. The van der Waals surface area contributed by atoms with E-state index in [0.717, 1.165) is 25.0 Å². The van der Waals surface area contributed by atoms with Crippen LogP contribution in [0.5, 0.6) is 5.75 Å². The number of carbonyl (C=O) groups is 1. The summed E-state index contributed by atoms with van der Waals surface area (Å²) in [5.41, 5.74) is 0.0886. The normalized spacial score (nSPS) is 12.5. The minimum Gasteiger partial charge on any atom is -0.507 e. The van der Waals surface area contributed by atoms with Gasteiger partial charge in [0.25, 0.3) is 5.91 Å². The van der Waals surface area contributed by atoms with E-state index in [9.17, 15) is 14.3 Å². The first kappa shape index (κ1) is 16.0. The Morgan fingerprint density at radius 3 is 2.58 bits per heavy atom. The van der Waals surface area contributed by atoms with Crippen molar-refractivity contribution in [2.45, 2.75) is 31.5 Å². The Bertz CT molecular complexity index is 435. The number of phenolic OH excluding ortho intramolecular Hbond substituents is 1. The molecule has 0 fully saturated rings. The summed E-state index contributed by atoms with van der Waals surface area (Å²) < 4.78 is 12.8. The Balaban J connectivity index is 2.60. The van der Waals surface area contributed by atoms with Crippen molar-refractivity contribution < 1.29 is 14.3 Å². The van der Waals surface area contributed by atoms with Crippen LogP contribution in [0.2, 0.25) is 0 Å². The van der Waals surface area contributed by atoms with Crippen molar-refractivity contribution in [1.82, 2.24) is 5.32 Å². The van der Waals surface area contributed by atoms with Crippen LogP contribution in [0.25, 0.3) is 0 Å². The Labute approximate surface area is 121 Å². The number of hydrogen-bond acceptors (Lipinski definition) is 2. The lowest BCUT2D eigenvalue weighted by Gasteiger charge is -2.20. The molecule has 0 aliphatic heterocycles. The molecule has 0 radical (unpaired) electrons. The highest BCUT2D eigenvalue weighted by atomic mass is 79.9. The van der Waals surface area contributed by atoms with Crippen molar-refractivity contribution in [3.63, 3.8) is 0 Å². The van der Waals surface area contributed by atoms with Crippen molar-refractivity contribution in [3.05, 3.63) is 29.6 Å². The molecule has 106 valence electrons. The van der Waals surface area contributed by atoms with Crippen LogP contribution >= 0.6 is 15.9 Å². The monoisotopic (exact) mass is 331 g/mol. The van der Waals surface area contributed by atoms with Crippen molar-refractivity contribution in [3.8, 4) is 5.75 Å². The van der Waals surface area contributed by atoms with Gasteiger partial charge in [-0.25, -0.2) is 4.39 Å². The van der Waals surface area contributed by atoms with Gasteiger partial charge in [0.1, 0.15) is 11.6 Å². The third-order valence-electron chi connectivity index (χ3n) is 3.22. The summed E-state index contributed by atoms with van der Waals surface area (Å²) in [4.78, 5) is 12.1. The van der Waals surface area contributed by atoms with Gasteiger partial charge < -0.3 is 10.4 Å². The van der Waals surface area contributed by atoms with E-state index in [4.69, 9.17) is 0 Å². The molecule has 0 spiro atoms. The molecule has 19 heavy (non-hydrogen) atoms. The van der Waals surface area contributed by atoms with Crippen molar-refractivity contribution in [1.29, 1.82) is 0 Å². The fourth-order valence-electron chi connectivity index (χ4n) is 1.95. The molecule has 0 aromatic heterocycles. The maximum Gasteiger partial charge on any atom is 0.255 e. The number of alkyl halides is 1. The van der Waals surface area contributed by atoms with E-state index in [1.165, 1.54) is 6.07 Å². The quantitative estimate of drug-likeness (QED) is 0.784. The number of phenols is 1. The van der Waals surface area contributed by atoms with Gasteiger partial charge in [0.15, 0.2) is 0 Å². The van der Waals surface area contributed by atoms with Crippen LogP contribution in [0.3, 0.4) is 0 Å². The maximum atomic E-state index is 12.8. The van der Waals surface area contributed by atoms with Crippen LogP contribution in [-0.4, -0.2) is 22.4 Å². The Morgan fingerprint density at radius 1 is 1.42 bits per heavy atom. The molecule has 0 heterocycles. The van der Waals surface area contributed by atoms with Gasteiger partial charge in [-0.1, -0.05) is 42.6 Å². The zero-order valence-corrected chi connectivity index (χ0v) is 12.7. The summed E-state index contributed by atoms with van der Waals surface area (Å²) in [5.74, 6) is -0.814. The molecular weight excluding hydrogens is 313 g/mol. The number of carbonyl (C=O) groups excluding carboxylic acids is 1. The Kier molecular flexibility index (Phi) is 6.28. The van der Waals surface area contributed by atoms with Crippen LogP contribution in [0.1, 0.15) is 37.0 Å². The lowest BCUT2D eigenvalue weighted by Crippen LogP contribution is -2.32. The van der Waals surface area contributed by atoms with Gasteiger partial charge in [0, 0.05) is 17.4 Å². The van der Waals surface area contributed by atoms with Crippen LogP contribution in [0.15, 0.2) is 18.2 Å². The van der Waals surface area contributed by atoms with Crippen LogP contribution < -0.4 is 5.32 Å². The van der Waals surface area contributed by atoms with Gasteiger partial charge in [-0.3, -0.25) is 4.79 Å². The molecule has 0 saturated carbocycles. The third-order valence-corrected chi connectivity index (χ3v) is 4.29. The average Bonchev–Trinajstić information content (AvgIpc) is 2.37.